The van der Waals surface area contributed by atoms with E-state index in [4.69, 9.17) is 9.47 Å². The zero-order valence-corrected chi connectivity index (χ0v) is 18.8. The summed E-state index contributed by atoms with van der Waals surface area (Å²) in [6.45, 7) is 6.25. The molecule has 1 heterocycles. The molecule has 1 saturated heterocycles. The third-order valence-electron chi connectivity index (χ3n) is 7.79. The predicted molar refractivity (Wildman–Crippen MR) is 117 cm³/mol. The van der Waals surface area contributed by atoms with E-state index in [-0.39, 0.29) is 35.7 Å². The maximum Gasteiger partial charge on any atom is 0.163 e. The van der Waals surface area contributed by atoms with Gasteiger partial charge in [0.05, 0.1) is 30.8 Å². The van der Waals surface area contributed by atoms with Gasteiger partial charge in [0, 0.05) is 11.8 Å². The number of hydrogen-bond acceptors (Lipinski definition) is 4. The molecule has 3 aliphatic carbocycles. The van der Waals surface area contributed by atoms with Gasteiger partial charge in [0.25, 0.3) is 0 Å². The fourth-order valence-corrected chi connectivity index (χ4v) is 6.09. The molecule has 3 saturated carbocycles. The summed E-state index contributed by atoms with van der Waals surface area (Å²) in [4.78, 5) is 26.7. The highest BCUT2D eigenvalue weighted by atomic mass is 19.1. The van der Waals surface area contributed by atoms with E-state index >= 15 is 0 Å². The summed E-state index contributed by atoms with van der Waals surface area (Å²) in [7, 11) is 0. The van der Waals surface area contributed by atoms with E-state index in [1.54, 1.807) is 6.08 Å². The third-order valence-corrected chi connectivity index (χ3v) is 7.79. The molecule has 6 atom stereocenters. The topological polar surface area (TPSA) is 52.6 Å². The number of carbonyl (C=O) groups excluding carboxylic acids is 2. The maximum absolute atomic E-state index is 13.4. The SMILES string of the molecule is C=C(C)COC1CCC2C(=O)C3CCCCC3OC2C1C(=O)C=CC1CCC(F)CC1. The number of hydrogen-bond donors (Lipinski definition) is 0. The van der Waals surface area contributed by atoms with Crippen LogP contribution in [0.1, 0.15) is 71.1 Å². The lowest BCUT2D eigenvalue weighted by atomic mass is 9.66. The summed E-state index contributed by atoms with van der Waals surface area (Å²) in [6, 6.07) is 0. The molecule has 0 radical (unpaired) electrons. The summed E-state index contributed by atoms with van der Waals surface area (Å²) < 4.78 is 26.1. The van der Waals surface area contributed by atoms with E-state index < -0.39 is 18.2 Å². The molecule has 4 rings (SSSR count). The van der Waals surface area contributed by atoms with Gasteiger partial charge in [-0.2, -0.15) is 0 Å². The van der Waals surface area contributed by atoms with E-state index in [1.807, 2.05) is 13.0 Å². The van der Waals surface area contributed by atoms with Crippen LogP contribution in [-0.2, 0) is 19.1 Å². The molecule has 0 bridgehead atoms. The molecule has 4 nitrogen and oxygen atoms in total. The highest BCUT2D eigenvalue weighted by molar-refractivity contribution is 5.94. The van der Waals surface area contributed by atoms with E-state index in [0.717, 1.165) is 50.5 Å². The summed E-state index contributed by atoms with van der Waals surface area (Å²) in [5.41, 5.74) is 0.917. The van der Waals surface area contributed by atoms with Crippen LogP contribution in [0.3, 0.4) is 0 Å². The standard InChI is InChI=1S/C26H37FO4/c1-16(2)15-30-23-14-12-20-25(29)19-5-3-4-6-22(19)31-26(20)24(23)21(28)13-9-17-7-10-18(27)11-8-17/h9,13,17-20,22-24,26H,1,3-8,10-12,14-15H2,2H3. The number of allylic oxidation sites excluding steroid dienone is 2. The summed E-state index contributed by atoms with van der Waals surface area (Å²) in [5, 5.41) is 0. The van der Waals surface area contributed by atoms with Crippen LogP contribution in [0.4, 0.5) is 4.39 Å². The van der Waals surface area contributed by atoms with Crippen molar-refractivity contribution in [2.24, 2.45) is 23.7 Å². The average molecular weight is 433 g/mol. The Labute approximate surface area is 185 Å². The van der Waals surface area contributed by atoms with Gasteiger partial charge in [-0.15, -0.1) is 0 Å². The van der Waals surface area contributed by atoms with Gasteiger partial charge in [0.1, 0.15) is 12.0 Å². The van der Waals surface area contributed by atoms with Crippen molar-refractivity contribution in [3.63, 3.8) is 0 Å². The molecular weight excluding hydrogens is 395 g/mol. The Morgan fingerprint density at radius 3 is 2.58 bits per heavy atom. The number of alkyl halides is 1. The van der Waals surface area contributed by atoms with Crippen LogP contribution in [0.25, 0.3) is 0 Å². The second-order valence-corrected chi connectivity index (χ2v) is 10.2. The van der Waals surface area contributed by atoms with Crippen molar-refractivity contribution in [1.29, 1.82) is 0 Å². The minimum atomic E-state index is -0.704. The molecule has 0 aromatic carbocycles. The number of rotatable bonds is 6. The molecule has 0 N–H and O–H groups in total. The van der Waals surface area contributed by atoms with Gasteiger partial charge >= 0.3 is 0 Å². The van der Waals surface area contributed by atoms with Gasteiger partial charge in [0.2, 0.25) is 0 Å². The monoisotopic (exact) mass is 432 g/mol. The van der Waals surface area contributed by atoms with Crippen molar-refractivity contribution in [1.82, 2.24) is 0 Å². The predicted octanol–water partition coefficient (Wildman–Crippen LogP) is 5.15. The van der Waals surface area contributed by atoms with Gasteiger partial charge < -0.3 is 9.47 Å². The molecule has 4 fully saturated rings. The van der Waals surface area contributed by atoms with Crippen molar-refractivity contribution in [2.45, 2.75) is 95.6 Å². The first-order chi connectivity index (χ1) is 14.9. The molecular formula is C26H37FO4. The number of halogens is 1. The highest BCUT2D eigenvalue weighted by Gasteiger charge is 2.53. The van der Waals surface area contributed by atoms with Gasteiger partial charge in [0.15, 0.2) is 5.78 Å². The van der Waals surface area contributed by atoms with Gasteiger partial charge in [-0.05, 0) is 70.3 Å². The lowest BCUT2D eigenvalue weighted by Gasteiger charge is -2.49. The second kappa shape index (κ2) is 10.1. The van der Waals surface area contributed by atoms with Crippen LogP contribution >= 0.6 is 0 Å². The molecule has 0 aromatic heterocycles. The van der Waals surface area contributed by atoms with E-state index in [9.17, 15) is 14.0 Å². The molecule has 31 heavy (non-hydrogen) atoms. The van der Waals surface area contributed by atoms with Crippen molar-refractivity contribution < 1.29 is 23.5 Å². The van der Waals surface area contributed by atoms with Crippen LogP contribution in [0.5, 0.6) is 0 Å². The molecule has 5 heteroatoms. The summed E-state index contributed by atoms with van der Waals surface area (Å²) in [5.74, 6) is -0.105. The summed E-state index contributed by atoms with van der Waals surface area (Å²) >= 11 is 0. The lowest BCUT2D eigenvalue weighted by molar-refractivity contribution is -0.192. The van der Waals surface area contributed by atoms with Gasteiger partial charge in [-0.3, -0.25) is 9.59 Å². The van der Waals surface area contributed by atoms with Crippen LogP contribution < -0.4 is 0 Å². The Bertz CT molecular complexity index is 708. The van der Waals surface area contributed by atoms with E-state index in [1.165, 1.54) is 0 Å². The second-order valence-electron chi connectivity index (χ2n) is 10.2. The molecule has 0 spiro atoms. The van der Waals surface area contributed by atoms with Crippen molar-refractivity contribution in [2.75, 3.05) is 6.61 Å². The molecule has 1 aliphatic heterocycles. The third kappa shape index (κ3) is 5.19. The van der Waals surface area contributed by atoms with Crippen LogP contribution in [0.2, 0.25) is 0 Å². The molecule has 4 aliphatic rings. The van der Waals surface area contributed by atoms with Gasteiger partial charge in [-0.25, -0.2) is 4.39 Å². The quantitative estimate of drug-likeness (QED) is 0.430. The number of Topliss-reactive ketones (excluding diaryl/α,β-unsaturated/α-hetero) is 1. The molecule has 0 aromatic rings. The van der Waals surface area contributed by atoms with Gasteiger partial charge in [-0.1, -0.05) is 31.1 Å². The Kier molecular flexibility index (Phi) is 7.43. The van der Waals surface area contributed by atoms with Crippen LogP contribution in [0, 0.1) is 23.7 Å². The highest BCUT2D eigenvalue weighted by Crippen LogP contribution is 2.45. The van der Waals surface area contributed by atoms with Crippen molar-refractivity contribution >= 4 is 11.6 Å². The first kappa shape index (κ1) is 22.8. The first-order valence-electron chi connectivity index (χ1n) is 12.3. The minimum absolute atomic E-state index is 0.00469. The largest absolute Gasteiger partial charge is 0.373 e. The number of carbonyl (C=O) groups is 2. The Morgan fingerprint density at radius 2 is 1.84 bits per heavy atom. The Balaban J connectivity index is 1.52. The summed E-state index contributed by atoms with van der Waals surface area (Å²) in [6.07, 6.45) is 10.3. The molecule has 0 amide bonds. The Hall–Kier alpha value is -1.33. The molecule has 172 valence electrons. The smallest absolute Gasteiger partial charge is 0.163 e. The molecule has 6 unspecified atom stereocenters. The number of ether oxygens (including phenoxy) is 2. The average Bonchev–Trinajstić information content (AvgIpc) is 2.77. The zero-order valence-electron chi connectivity index (χ0n) is 18.8. The zero-order chi connectivity index (χ0) is 22.0. The lowest BCUT2D eigenvalue weighted by Crippen LogP contribution is -2.58. The maximum atomic E-state index is 13.4. The van der Waals surface area contributed by atoms with E-state index in [0.29, 0.717) is 31.7 Å². The van der Waals surface area contributed by atoms with E-state index in [2.05, 4.69) is 6.58 Å². The number of ketones is 2. The van der Waals surface area contributed by atoms with Crippen LogP contribution in [-0.4, -0.2) is 42.7 Å². The minimum Gasteiger partial charge on any atom is -0.373 e. The van der Waals surface area contributed by atoms with Crippen LogP contribution in [0.15, 0.2) is 24.3 Å². The fraction of sp³-hybridized carbons (Fsp3) is 0.769. The first-order valence-corrected chi connectivity index (χ1v) is 12.3. The van der Waals surface area contributed by atoms with Crippen molar-refractivity contribution in [3.8, 4) is 0 Å². The van der Waals surface area contributed by atoms with Crippen molar-refractivity contribution in [3.05, 3.63) is 24.3 Å². The Morgan fingerprint density at radius 1 is 1.10 bits per heavy atom. The number of fused-ring (bicyclic) bond motifs is 2. The fourth-order valence-electron chi connectivity index (χ4n) is 6.09. The normalized spacial score (nSPS) is 40.9.